The summed E-state index contributed by atoms with van der Waals surface area (Å²) in [5.41, 5.74) is 4.54. The van der Waals surface area contributed by atoms with Gasteiger partial charge in [-0.15, -0.1) is 11.3 Å². The number of benzene rings is 1. The maximum atomic E-state index is 13.1. The molecule has 174 valence electrons. The third kappa shape index (κ3) is 5.23. The van der Waals surface area contributed by atoms with E-state index in [9.17, 15) is 24.5 Å². The smallest absolute Gasteiger partial charge is 0.534 e. The summed E-state index contributed by atoms with van der Waals surface area (Å²) >= 11 is 1.08. The number of hydrogen-bond donors (Lipinski definition) is 5. The SMILES string of the molecule is CNC(=O)C(C)(C)ON=C(C(=O)NC1Cc2cccc(C(=O)O)c2OB1O)c1csc(N)n1. The molecule has 1 unspecified atom stereocenters. The number of oxime groups is 1. The summed E-state index contributed by atoms with van der Waals surface area (Å²) in [5.74, 6) is -3.32. The number of rotatable bonds is 7. The average Bonchev–Trinajstić information content (AvgIpc) is 3.18. The van der Waals surface area contributed by atoms with Crippen molar-refractivity contribution in [1.29, 1.82) is 0 Å². The quantitative estimate of drug-likeness (QED) is 0.206. The van der Waals surface area contributed by atoms with Gasteiger partial charge < -0.3 is 36.0 Å². The molecule has 1 aromatic heterocycles. The Bertz CT molecular complexity index is 1120. The molecule has 0 radical (unpaired) electrons. The summed E-state index contributed by atoms with van der Waals surface area (Å²) in [6.45, 7) is 2.94. The van der Waals surface area contributed by atoms with Gasteiger partial charge in [0.15, 0.2) is 10.8 Å². The predicted octanol–water partition coefficient (Wildman–Crippen LogP) is -0.192. The van der Waals surface area contributed by atoms with Crippen LogP contribution in [0.5, 0.6) is 5.75 Å². The number of fused-ring (bicyclic) bond motifs is 1. The molecule has 0 fully saturated rings. The lowest BCUT2D eigenvalue weighted by Gasteiger charge is -2.29. The van der Waals surface area contributed by atoms with Gasteiger partial charge in [0.25, 0.3) is 11.8 Å². The van der Waals surface area contributed by atoms with E-state index in [-0.39, 0.29) is 34.3 Å². The van der Waals surface area contributed by atoms with Crippen molar-refractivity contribution in [3.05, 3.63) is 40.4 Å². The van der Waals surface area contributed by atoms with Crippen LogP contribution in [0.15, 0.2) is 28.7 Å². The van der Waals surface area contributed by atoms with Crippen LogP contribution in [-0.2, 0) is 20.8 Å². The molecule has 1 aliphatic heterocycles. The van der Waals surface area contributed by atoms with E-state index in [1.807, 2.05) is 0 Å². The number of nitrogens with two attached hydrogens (primary N) is 1. The van der Waals surface area contributed by atoms with Crippen molar-refractivity contribution < 1.29 is 34.0 Å². The van der Waals surface area contributed by atoms with E-state index in [1.54, 1.807) is 12.1 Å². The maximum absolute atomic E-state index is 13.1. The van der Waals surface area contributed by atoms with E-state index in [0.29, 0.717) is 5.56 Å². The Hall–Kier alpha value is -3.65. The normalized spacial score (nSPS) is 15.8. The summed E-state index contributed by atoms with van der Waals surface area (Å²) in [6, 6.07) is 4.54. The van der Waals surface area contributed by atoms with Crippen LogP contribution in [0.2, 0.25) is 0 Å². The molecule has 12 nitrogen and oxygen atoms in total. The minimum Gasteiger partial charge on any atom is -0.534 e. The maximum Gasteiger partial charge on any atom is 0.547 e. The van der Waals surface area contributed by atoms with Gasteiger partial charge in [0, 0.05) is 12.4 Å². The van der Waals surface area contributed by atoms with Crippen molar-refractivity contribution in [2.75, 3.05) is 12.8 Å². The lowest BCUT2D eigenvalue weighted by molar-refractivity contribution is -0.142. The zero-order valence-corrected chi connectivity index (χ0v) is 18.8. The molecule has 3 rings (SSSR count). The fourth-order valence-corrected chi connectivity index (χ4v) is 3.60. The van der Waals surface area contributed by atoms with Gasteiger partial charge >= 0.3 is 13.1 Å². The van der Waals surface area contributed by atoms with E-state index in [1.165, 1.54) is 32.3 Å². The number of nitrogens with one attached hydrogen (secondary N) is 2. The first-order chi connectivity index (χ1) is 15.5. The summed E-state index contributed by atoms with van der Waals surface area (Å²) in [5, 5.41) is 30.3. The van der Waals surface area contributed by atoms with Gasteiger partial charge in [0.05, 0.1) is 11.5 Å². The Morgan fingerprint density at radius 2 is 2.12 bits per heavy atom. The summed E-state index contributed by atoms with van der Waals surface area (Å²) in [7, 11) is -0.0869. The highest BCUT2D eigenvalue weighted by Gasteiger charge is 2.39. The van der Waals surface area contributed by atoms with Crippen LogP contribution in [-0.4, -0.2) is 64.3 Å². The third-order valence-corrected chi connectivity index (χ3v) is 5.46. The number of para-hydroxylation sites is 1. The molecular weight excluding hydrogens is 453 g/mol. The molecule has 2 amide bonds. The van der Waals surface area contributed by atoms with Crippen molar-refractivity contribution >= 4 is 47.1 Å². The van der Waals surface area contributed by atoms with Crippen LogP contribution in [0.1, 0.15) is 35.5 Å². The number of hydrogen-bond acceptors (Lipinski definition) is 10. The Morgan fingerprint density at radius 1 is 1.39 bits per heavy atom. The molecule has 6 N–H and O–H groups in total. The highest BCUT2D eigenvalue weighted by molar-refractivity contribution is 7.13. The molecule has 1 aliphatic rings. The van der Waals surface area contributed by atoms with Crippen LogP contribution in [0.3, 0.4) is 0 Å². The van der Waals surface area contributed by atoms with Gasteiger partial charge in [-0.05, 0) is 31.9 Å². The number of carbonyl (C=O) groups excluding carboxylic acids is 2. The number of amides is 2. The molecule has 1 aromatic carbocycles. The van der Waals surface area contributed by atoms with Crippen molar-refractivity contribution in [1.82, 2.24) is 15.6 Å². The van der Waals surface area contributed by atoms with Crippen LogP contribution in [0.4, 0.5) is 5.13 Å². The number of carboxylic acid groups (broad SMARTS) is 1. The van der Waals surface area contributed by atoms with Crippen molar-refractivity contribution in [3.8, 4) is 5.75 Å². The van der Waals surface area contributed by atoms with E-state index in [4.69, 9.17) is 15.2 Å². The first-order valence-electron chi connectivity index (χ1n) is 9.74. The van der Waals surface area contributed by atoms with E-state index >= 15 is 0 Å². The Morgan fingerprint density at radius 3 is 2.73 bits per heavy atom. The van der Waals surface area contributed by atoms with Gasteiger partial charge in [0.1, 0.15) is 11.4 Å². The highest BCUT2D eigenvalue weighted by Crippen LogP contribution is 2.30. The summed E-state index contributed by atoms with van der Waals surface area (Å²) in [6.07, 6.45) is 0.0977. The number of aromatic nitrogens is 1. The molecular formula is C19H22BN5O7S. The Balaban J connectivity index is 1.85. The molecule has 2 aromatic rings. The molecule has 0 spiro atoms. The topological polar surface area (TPSA) is 185 Å². The number of nitrogen functional groups attached to an aromatic ring is 1. The highest BCUT2D eigenvalue weighted by atomic mass is 32.1. The summed E-state index contributed by atoms with van der Waals surface area (Å²) in [4.78, 5) is 45.8. The Labute approximate surface area is 192 Å². The fourth-order valence-electron chi connectivity index (χ4n) is 3.06. The number of nitrogens with zero attached hydrogens (tertiary/aromatic N) is 2. The third-order valence-electron chi connectivity index (χ3n) is 4.78. The first-order valence-corrected chi connectivity index (χ1v) is 10.6. The number of thiazole rings is 1. The van der Waals surface area contributed by atoms with Gasteiger partial charge in [-0.2, -0.15) is 0 Å². The lowest BCUT2D eigenvalue weighted by atomic mass is 9.72. The number of anilines is 1. The van der Waals surface area contributed by atoms with Crippen LogP contribution >= 0.6 is 11.3 Å². The monoisotopic (exact) mass is 475 g/mol. The largest absolute Gasteiger partial charge is 0.547 e. The second kappa shape index (κ2) is 9.46. The van der Waals surface area contributed by atoms with E-state index in [0.717, 1.165) is 11.3 Å². The molecule has 0 saturated carbocycles. The molecule has 14 heteroatoms. The number of carbonyl (C=O) groups is 3. The van der Waals surface area contributed by atoms with Gasteiger partial charge in [-0.3, -0.25) is 9.59 Å². The molecule has 0 aliphatic carbocycles. The minimum atomic E-state index is -1.52. The van der Waals surface area contributed by atoms with Crippen molar-refractivity contribution in [3.63, 3.8) is 0 Å². The lowest BCUT2D eigenvalue weighted by Crippen LogP contribution is -2.54. The van der Waals surface area contributed by atoms with Gasteiger partial charge in [0.2, 0.25) is 5.60 Å². The fraction of sp³-hybridized carbons (Fsp3) is 0.316. The number of carboxylic acids is 1. The van der Waals surface area contributed by atoms with Gasteiger partial charge in [-0.1, -0.05) is 17.3 Å². The molecule has 2 heterocycles. The van der Waals surface area contributed by atoms with Crippen LogP contribution in [0.25, 0.3) is 0 Å². The van der Waals surface area contributed by atoms with E-state index < -0.39 is 36.4 Å². The average molecular weight is 475 g/mol. The second-order valence-corrected chi connectivity index (χ2v) is 8.47. The second-order valence-electron chi connectivity index (χ2n) is 7.58. The first kappa shape index (κ1) is 24.0. The molecule has 1 atom stereocenters. The summed E-state index contributed by atoms with van der Waals surface area (Å²) < 4.78 is 5.39. The van der Waals surface area contributed by atoms with Crippen molar-refractivity contribution in [2.24, 2.45) is 5.16 Å². The van der Waals surface area contributed by atoms with Crippen LogP contribution < -0.4 is 21.0 Å². The molecule has 0 bridgehead atoms. The predicted molar refractivity (Wildman–Crippen MR) is 120 cm³/mol. The van der Waals surface area contributed by atoms with E-state index in [2.05, 4.69) is 20.8 Å². The zero-order chi connectivity index (χ0) is 24.3. The van der Waals surface area contributed by atoms with Crippen LogP contribution in [0, 0.1) is 0 Å². The number of likely N-dealkylation sites (N-methyl/N-ethyl adjacent to an activating group) is 1. The Kier molecular flexibility index (Phi) is 6.88. The zero-order valence-electron chi connectivity index (χ0n) is 18.0. The molecule has 33 heavy (non-hydrogen) atoms. The standard InChI is InChI=1S/C19H22BN5O7S/c1-19(2,17(29)22-3)32-25-13(11-8-33-18(21)23-11)15(26)24-12-7-9-5-4-6-10(16(27)28)14(9)31-20(12)30/h4-6,8,12,30H,7H2,1-3H3,(H2,21,23)(H,22,29)(H,24,26)(H,27,28). The number of aromatic carboxylic acids is 1. The van der Waals surface area contributed by atoms with Crippen molar-refractivity contribution in [2.45, 2.75) is 31.8 Å². The molecule has 0 saturated heterocycles. The minimum absolute atomic E-state index is 0.0415. The van der Waals surface area contributed by atoms with Gasteiger partial charge in [-0.25, -0.2) is 9.78 Å².